The second kappa shape index (κ2) is 7.87. The lowest BCUT2D eigenvalue weighted by molar-refractivity contribution is 0.00578. The third kappa shape index (κ3) is 5.58. The van der Waals surface area contributed by atoms with Crippen molar-refractivity contribution in [3.8, 4) is 0 Å². The van der Waals surface area contributed by atoms with Gasteiger partial charge in [0.1, 0.15) is 11.4 Å². The summed E-state index contributed by atoms with van der Waals surface area (Å²) in [7, 11) is -0.708. The molecule has 0 atom stereocenters. The molecule has 1 aliphatic heterocycles. The molecule has 154 valence electrons. The summed E-state index contributed by atoms with van der Waals surface area (Å²) in [6.45, 7) is 15.2. The maximum Gasteiger partial charge on any atom is 0.492 e. The second-order valence-corrected chi connectivity index (χ2v) is 9.19. The lowest BCUT2D eigenvalue weighted by atomic mass is 9.77. The van der Waals surface area contributed by atoms with Crippen molar-refractivity contribution >= 4 is 19.3 Å². The third-order valence-electron chi connectivity index (χ3n) is 4.88. The van der Waals surface area contributed by atoms with E-state index in [0.29, 0.717) is 11.0 Å². The molecule has 2 rings (SSSR count). The largest absolute Gasteiger partial charge is 0.492 e. The van der Waals surface area contributed by atoms with E-state index in [0.717, 1.165) is 5.56 Å². The SMILES string of the molecule is Cc1ccc(F)c(C=C(CNC(=O)OC(C)(C)C)B2OC(C)(C)C(C)(C)O2)c1. The van der Waals surface area contributed by atoms with Crippen LogP contribution in [-0.2, 0) is 14.0 Å². The van der Waals surface area contributed by atoms with E-state index in [1.165, 1.54) is 6.07 Å². The first kappa shape index (κ1) is 22.4. The molecular formula is C21H31BFNO4. The molecule has 1 aliphatic rings. The molecule has 0 unspecified atom stereocenters. The Morgan fingerprint density at radius 2 is 1.79 bits per heavy atom. The number of carbonyl (C=O) groups excluding carboxylic acids is 1. The molecule has 0 aliphatic carbocycles. The number of halogens is 1. The van der Waals surface area contributed by atoms with Gasteiger partial charge in [-0.3, -0.25) is 0 Å². The molecule has 1 aromatic carbocycles. The number of rotatable bonds is 4. The molecule has 1 amide bonds. The Morgan fingerprint density at radius 1 is 1.21 bits per heavy atom. The number of carbonyl (C=O) groups is 1. The van der Waals surface area contributed by atoms with Crippen LogP contribution in [0.2, 0.25) is 0 Å². The zero-order valence-corrected chi connectivity index (χ0v) is 18.1. The average molecular weight is 391 g/mol. The van der Waals surface area contributed by atoms with E-state index < -0.39 is 30.0 Å². The Kier molecular flexibility index (Phi) is 6.31. The van der Waals surface area contributed by atoms with Crippen molar-refractivity contribution in [2.75, 3.05) is 6.54 Å². The zero-order valence-electron chi connectivity index (χ0n) is 18.1. The monoisotopic (exact) mass is 391 g/mol. The van der Waals surface area contributed by atoms with E-state index >= 15 is 0 Å². The van der Waals surface area contributed by atoms with Gasteiger partial charge in [0.2, 0.25) is 0 Å². The number of aryl methyl sites for hydroxylation is 1. The van der Waals surface area contributed by atoms with Gasteiger partial charge >= 0.3 is 13.2 Å². The van der Waals surface area contributed by atoms with Gasteiger partial charge in [0.05, 0.1) is 11.2 Å². The van der Waals surface area contributed by atoms with Crippen LogP contribution in [0.1, 0.15) is 59.6 Å². The molecule has 1 fully saturated rings. The fourth-order valence-electron chi connectivity index (χ4n) is 2.66. The third-order valence-corrected chi connectivity index (χ3v) is 4.88. The first-order chi connectivity index (χ1) is 12.7. The van der Waals surface area contributed by atoms with Crippen LogP contribution in [0, 0.1) is 12.7 Å². The van der Waals surface area contributed by atoms with Crippen molar-refractivity contribution in [3.05, 3.63) is 40.6 Å². The van der Waals surface area contributed by atoms with E-state index in [4.69, 9.17) is 14.0 Å². The highest BCUT2D eigenvalue weighted by Gasteiger charge is 2.52. The fraction of sp³-hybridized carbons (Fsp3) is 0.571. The van der Waals surface area contributed by atoms with Gasteiger partial charge in [-0.05, 0) is 73.0 Å². The van der Waals surface area contributed by atoms with Crippen LogP contribution in [0.25, 0.3) is 6.08 Å². The minimum atomic E-state index is -0.708. The summed E-state index contributed by atoms with van der Waals surface area (Å²) in [6.07, 6.45) is 1.11. The molecule has 1 saturated heterocycles. The Hall–Kier alpha value is -1.86. The summed E-state index contributed by atoms with van der Waals surface area (Å²) in [5.41, 5.74) is 0.244. The highest BCUT2D eigenvalue weighted by Crippen LogP contribution is 2.38. The smallest absolute Gasteiger partial charge is 0.444 e. The molecule has 0 saturated carbocycles. The van der Waals surface area contributed by atoms with E-state index in [1.54, 1.807) is 39.0 Å². The fourth-order valence-corrected chi connectivity index (χ4v) is 2.66. The summed E-state index contributed by atoms with van der Waals surface area (Å²) in [4.78, 5) is 12.1. The van der Waals surface area contributed by atoms with E-state index in [-0.39, 0.29) is 12.4 Å². The number of ether oxygens (including phenoxy) is 1. The highest BCUT2D eigenvalue weighted by molar-refractivity contribution is 6.56. The van der Waals surface area contributed by atoms with Gasteiger partial charge in [-0.2, -0.15) is 0 Å². The van der Waals surface area contributed by atoms with Gasteiger partial charge in [0.15, 0.2) is 0 Å². The van der Waals surface area contributed by atoms with Crippen molar-refractivity contribution in [2.24, 2.45) is 0 Å². The number of alkyl carbamates (subject to hydrolysis) is 1. The molecule has 7 heteroatoms. The first-order valence-electron chi connectivity index (χ1n) is 9.49. The number of nitrogens with one attached hydrogen (secondary N) is 1. The highest BCUT2D eigenvalue weighted by atomic mass is 19.1. The number of hydrogen-bond acceptors (Lipinski definition) is 4. The van der Waals surface area contributed by atoms with E-state index in [9.17, 15) is 9.18 Å². The number of hydrogen-bond donors (Lipinski definition) is 1. The summed E-state index contributed by atoms with van der Waals surface area (Å²) in [5.74, 6) is -0.350. The minimum absolute atomic E-state index is 0.110. The van der Waals surface area contributed by atoms with Crippen molar-refractivity contribution < 1.29 is 23.2 Å². The maximum absolute atomic E-state index is 14.3. The van der Waals surface area contributed by atoms with Gasteiger partial charge in [0.25, 0.3) is 0 Å². The van der Waals surface area contributed by atoms with E-state index in [2.05, 4.69) is 5.32 Å². The number of benzene rings is 1. The van der Waals surface area contributed by atoms with Crippen molar-refractivity contribution in [2.45, 2.75) is 72.2 Å². The van der Waals surface area contributed by atoms with Crippen LogP contribution >= 0.6 is 0 Å². The van der Waals surface area contributed by atoms with Crippen LogP contribution in [0.3, 0.4) is 0 Å². The summed E-state index contributed by atoms with van der Waals surface area (Å²) in [5, 5.41) is 2.71. The van der Waals surface area contributed by atoms with Crippen LogP contribution in [0.15, 0.2) is 23.7 Å². The summed E-state index contributed by atoms with van der Waals surface area (Å²) < 4.78 is 31.8. The molecule has 0 bridgehead atoms. The molecule has 5 nitrogen and oxygen atoms in total. The Balaban J connectivity index is 2.30. The molecule has 0 radical (unpaired) electrons. The standard InChI is InChI=1S/C21H31BFNO4/c1-14-9-10-17(23)15(11-14)12-16(13-24-18(25)26-19(2,3)4)22-27-20(5,6)21(7,8)28-22/h9-12H,13H2,1-8H3,(H,24,25). The van der Waals surface area contributed by atoms with Crippen molar-refractivity contribution in [3.63, 3.8) is 0 Å². The molecule has 1 heterocycles. The summed E-state index contributed by atoms with van der Waals surface area (Å²) >= 11 is 0. The average Bonchev–Trinajstić information content (AvgIpc) is 2.73. The van der Waals surface area contributed by atoms with Gasteiger partial charge in [-0.1, -0.05) is 17.7 Å². The molecule has 28 heavy (non-hydrogen) atoms. The minimum Gasteiger partial charge on any atom is -0.444 e. The molecule has 1 N–H and O–H groups in total. The predicted octanol–water partition coefficient (Wildman–Crippen LogP) is 4.67. The van der Waals surface area contributed by atoms with Crippen LogP contribution in [0.5, 0.6) is 0 Å². The summed E-state index contributed by atoms with van der Waals surface area (Å²) in [6, 6.07) is 4.87. The van der Waals surface area contributed by atoms with Crippen LogP contribution in [0.4, 0.5) is 9.18 Å². The molecule has 1 aromatic rings. The quantitative estimate of drug-likeness (QED) is 0.758. The molecule has 0 aromatic heterocycles. The predicted molar refractivity (Wildman–Crippen MR) is 109 cm³/mol. The van der Waals surface area contributed by atoms with E-state index in [1.807, 2.05) is 34.6 Å². The first-order valence-corrected chi connectivity index (χ1v) is 9.49. The Morgan fingerprint density at radius 3 is 2.32 bits per heavy atom. The van der Waals surface area contributed by atoms with Crippen LogP contribution < -0.4 is 5.32 Å². The van der Waals surface area contributed by atoms with Gasteiger partial charge in [0, 0.05) is 12.1 Å². The topological polar surface area (TPSA) is 56.8 Å². The number of amides is 1. The molecule has 0 spiro atoms. The van der Waals surface area contributed by atoms with Crippen molar-refractivity contribution in [1.82, 2.24) is 5.32 Å². The van der Waals surface area contributed by atoms with Gasteiger partial charge in [-0.25, -0.2) is 9.18 Å². The molecular weight excluding hydrogens is 360 g/mol. The zero-order chi connectivity index (χ0) is 21.3. The van der Waals surface area contributed by atoms with Crippen molar-refractivity contribution in [1.29, 1.82) is 0 Å². The maximum atomic E-state index is 14.3. The van der Waals surface area contributed by atoms with Crippen LogP contribution in [-0.4, -0.2) is 36.6 Å². The normalized spacial score (nSPS) is 18.9. The Labute approximate surface area is 167 Å². The lowest BCUT2D eigenvalue weighted by Crippen LogP contribution is -2.41. The Bertz CT molecular complexity index is 752. The lowest BCUT2D eigenvalue weighted by Gasteiger charge is -2.32. The van der Waals surface area contributed by atoms with Gasteiger partial charge in [-0.15, -0.1) is 0 Å². The second-order valence-electron chi connectivity index (χ2n) is 9.19. The van der Waals surface area contributed by atoms with Gasteiger partial charge < -0.3 is 19.4 Å².